The van der Waals surface area contributed by atoms with E-state index in [1.54, 1.807) is 0 Å². The summed E-state index contributed by atoms with van der Waals surface area (Å²) in [7, 11) is 0. The van der Waals surface area contributed by atoms with Crippen LogP contribution in [-0.2, 0) is 6.42 Å². The molecule has 0 amide bonds. The first-order chi connectivity index (χ1) is 8.20. The Kier molecular flexibility index (Phi) is 3.97. The van der Waals surface area contributed by atoms with Gasteiger partial charge in [-0.05, 0) is 32.0 Å². The smallest absolute Gasteiger partial charge is 0.107 e. The summed E-state index contributed by atoms with van der Waals surface area (Å²) in [5, 5.41) is 0. The molecule has 3 nitrogen and oxygen atoms in total. The number of nitrogens with one attached hydrogen (secondary N) is 1. The number of H-pyrrole nitrogens is 1. The molecule has 0 saturated heterocycles. The maximum Gasteiger partial charge on any atom is 0.107 e. The van der Waals surface area contributed by atoms with E-state index in [4.69, 9.17) is 5.73 Å². The fourth-order valence-corrected chi connectivity index (χ4v) is 2.23. The molecule has 4 heteroatoms. The standard InChI is InChI=1S/C13H16BrN3/c1-9-13(10-4-2-5-11(14)8-10)17-12(16-9)6-3-7-15/h2,4-5,8H,3,6-7,15H2,1H3,(H,16,17). The lowest BCUT2D eigenvalue weighted by atomic mass is 10.1. The van der Waals surface area contributed by atoms with E-state index in [1.165, 1.54) is 0 Å². The lowest BCUT2D eigenvalue weighted by molar-refractivity contribution is 0.792. The number of benzene rings is 1. The van der Waals surface area contributed by atoms with Gasteiger partial charge in [-0.25, -0.2) is 4.98 Å². The highest BCUT2D eigenvalue weighted by molar-refractivity contribution is 9.10. The van der Waals surface area contributed by atoms with Gasteiger partial charge in [0.2, 0.25) is 0 Å². The van der Waals surface area contributed by atoms with Crippen LogP contribution in [0.15, 0.2) is 28.7 Å². The van der Waals surface area contributed by atoms with E-state index < -0.39 is 0 Å². The number of aryl methyl sites for hydroxylation is 2. The van der Waals surface area contributed by atoms with Crippen LogP contribution >= 0.6 is 15.9 Å². The number of hydrogen-bond acceptors (Lipinski definition) is 2. The van der Waals surface area contributed by atoms with E-state index in [1.807, 2.05) is 12.1 Å². The molecule has 2 rings (SSSR count). The van der Waals surface area contributed by atoms with Gasteiger partial charge in [0.25, 0.3) is 0 Å². The lowest BCUT2D eigenvalue weighted by Gasteiger charge is -1.98. The van der Waals surface area contributed by atoms with Gasteiger partial charge >= 0.3 is 0 Å². The zero-order valence-electron chi connectivity index (χ0n) is 9.83. The molecule has 0 saturated carbocycles. The van der Waals surface area contributed by atoms with Crippen molar-refractivity contribution in [2.75, 3.05) is 6.54 Å². The Morgan fingerprint density at radius 2 is 2.24 bits per heavy atom. The first kappa shape index (κ1) is 12.3. The number of rotatable bonds is 4. The van der Waals surface area contributed by atoms with Crippen LogP contribution in [0.2, 0.25) is 0 Å². The Labute approximate surface area is 110 Å². The average molecular weight is 294 g/mol. The zero-order chi connectivity index (χ0) is 12.3. The molecular formula is C13H16BrN3. The number of halogens is 1. The Balaban J connectivity index is 2.29. The van der Waals surface area contributed by atoms with E-state index in [-0.39, 0.29) is 0 Å². The first-order valence-corrected chi connectivity index (χ1v) is 6.51. The minimum Gasteiger partial charge on any atom is -0.346 e. The zero-order valence-corrected chi connectivity index (χ0v) is 11.4. The number of hydrogen-bond donors (Lipinski definition) is 2. The molecule has 1 aromatic carbocycles. The highest BCUT2D eigenvalue weighted by atomic mass is 79.9. The molecule has 1 aromatic heterocycles. The highest BCUT2D eigenvalue weighted by Crippen LogP contribution is 2.24. The predicted octanol–water partition coefficient (Wildman–Crippen LogP) is 3.04. The Bertz CT molecular complexity index is 505. The van der Waals surface area contributed by atoms with Crippen LogP contribution in [0.25, 0.3) is 11.3 Å². The Hall–Kier alpha value is -1.13. The van der Waals surface area contributed by atoms with Crippen LogP contribution in [0.4, 0.5) is 0 Å². The summed E-state index contributed by atoms with van der Waals surface area (Å²) in [5.41, 5.74) is 8.77. The number of nitrogens with two attached hydrogens (primary N) is 1. The van der Waals surface area contributed by atoms with Crippen LogP contribution in [0.5, 0.6) is 0 Å². The number of aromatic amines is 1. The first-order valence-electron chi connectivity index (χ1n) is 5.72. The SMILES string of the molecule is Cc1[nH]c(CCCN)nc1-c1cccc(Br)c1. The van der Waals surface area contributed by atoms with Crippen molar-refractivity contribution < 1.29 is 0 Å². The number of aromatic nitrogens is 2. The van der Waals surface area contributed by atoms with Gasteiger partial charge in [0, 0.05) is 22.2 Å². The molecule has 0 aliphatic rings. The van der Waals surface area contributed by atoms with Crippen molar-refractivity contribution in [3.8, 4) is 11.3 Å². The molecule has 0 bridgehead atoms. The molecule has 90 valence electrons. The van der Waals surface area contributed by atoms with Gasteiger partial charge in [-0.1, -0.05) is 28.1 Å². The predicted molar refractivity (Wildman–Crippen MR) is 73.8 cm³/mol. The molecule has 1 heterocycles. The fraction of sp³-hybridized carbons (Fsp3) is 0.308. The molecule has 2 aromatic rings. The molecule has 0 aliphatic carbocycles. The summed E-state index contributed by atoms with van der Waals surface area (Å²) in [4.78, 5) is 7.94. The minimum atomic E-state index is 0.700. The summed E-state index contributed by atoms with van der Waals surface area (Å²) < 4.78 is 1.07. The van der Waals surface area contributed by atoms with E-state index in [0.717, 1.165) is 40.1 Å². The fourth-order valence-electron chi connectivity index (χ4n) is 1.83. The highest BCUT2D eigenvalue weighted by Gasteiger charge is 2.08. The third kappa shape index (κ3) is 2.96. The van der Waals surface area contributed by atoms with Crippen molar-refractivity contribution in [1.82, 2.24) is 9.97 Å². The summed E-state index contributed by atoms with van der Waals surface area (Å²) in [6.07, 6.45) is 1.87. The van der Waals surface area contributed by atoms with Gasteiger partial charge in [-0.15, -0.1) is 0 Å². The second kappa shape index (κ2) is 5.47. The van der Waals surface area contributed by atoms with E-state index in [2.05, 4.69) is 45.0 Å². The van der Waals surface area contributed by atoms with Gasteiger partial charge in [0.15, 0.2) is 0 Å². The maximum absolute atomic E-state index is 5.50. The molecular weight excluding hydrogens is 278 g/mol. The van der Waals surface area contributed by atoms with Gasteiger partial charge < -0.3 is 10.7 Å². The van der Waals surface area contributed by atoms with Crippen molar-refractivity contribution in [2.45, 2.75) is 19.8 Å². The third-order valence-electron chi connectivity index (χ3n) is 2.65. The van der Waals surface area contributed by atoms with Crippen molar-refractivity contribution >= 4 is 15.9 Å². The average Bonchev–Trinajstić information content (AvgIpc) is 2.68. The topological polar surface area (TPSA) is 54.7 Å². The quantitative estimate of drug-likeness (QED) is 0.910. The largest absolute Gasteiger partial charge is 0.346 e. The molecule has 17 heavy (non-hydrogen) atoms. The third-order valence-corrected chi connectivity index (χ3v) is 3.14. The maximum atomic E-state index is 5.50. The van der Waals surface area contributed by atoms with Crippen LogP contribution in [0, 0.1) is 6.92 Å². The summed E-state index contributed by atoms with van der Waals surface area (Å²) in [6, 6.07) is 8.18. The van der Waals surface area contributed by atoms with Gasteiger partial charge in [-0.2, -0.15) is 0 Å². The van der Waals surface area contributed by atoms with E-state index in [9.17, 15) is 0 Å². The molecule has 0 spiro atoms. The molecule has 0 aliphatic heterocycles. The normalized spacial score (nSPS) is 10.8. The molecule has 0 atom stereocenters. The monoisotopic (exact) mass is 293 g/mol. The molecule has 0 unspecified atom stereocenters. The van der Waals surface area contributed by atoms with Crippen molar-refractivity contribution in [3.05, 3.63) is 40.3 Å². The minimum absolute atomic E-state index is 0.700. The van der Waals surface area contributed by atoms with Crippen LogP contribution < -0.4 is 5.73 Å². The second-order valence-electron chi connectivity index (χ2n) is 4.06. The van der Waals surface area contributed by atoms with Crippen LogP contribution in [0.1, 0.15) is 17.9 Å². The van der Waals surface area contributed by atoms with E-state index >= 15 is 0 Å². The van der Waals surface area contributed by atoms with Crippen molar-refractivity contribution in [2.24, 2.45) is 5.73 Å². The van der Waals surface area contributed by atoms with E-state index in [0.29, 0.717) is 6.54 Å². The Morgan fingerprint density at radius 1 is 1.41 bits per heavy atom. The summed E-state index contributed by atoms with van der Waals surface area (Å²) in [5.74, 6) is 1.02. The second-order valence-corrected chi connectivity index (χ2v) is 4.98. The lowest BCUT2D eigenvalue weighted by Crippen LogP contribution is -2.01. The summed E-state index contributed by atoms with van der Waals surface area (Å²) in [6.45, 7) is 2.75. The van der Waals surface area contributed by atoms with Crippen molar-refractivity contribution in [1.29, 1.82) is 0 Å². The van der Waals surface area contributed by atoms with Gasteiger partial charge in [0.1, 0.15) is 5.82 Å². The number of nitrogens with zero attached hydrogens (tertiary/aromatic N) is 1. The van der Waals surface area contributed by atoms with Crippen molar-refractivity contribution in [3.63, 3.8) is 0 Å². The van der Waals surface area contributed by atoms with Crippen LogP contribution in [-0.4, -0.2) is 16.5 Å². The van der Waals surface area contributed by atoms with Gasteiger partial charge in [0.05, 0.1) is 5.69 Å². The summed E-state index contributed by atoms with van der Waals surface area (Å²) >= 11 is 3.48. The van der Waals surface area contributed by atoms with Crippen LogP contribution in [0.3, 0.4) is 0 Å². The molecule has 0 radical (unpaired) electrons. The molecule has 3 N–H and O–H groups in total. The molecule has 0 fully saturated rings. The number of imidazole rings is 1. The van der Waals surface area contributed by atoms with Gasteiger partial charge in [-0.3, -0.25) is 0 Å². The Morgan fingerprint density at radius 3 is 2.94 bits per heavy atom.